The Bertz CT molecular complexity index is 395. The first-order valence-corrected chi connectivity index (χ1v) is 8.88. The number of nitrogens with one attached hydrogen (secondary N) is 1. The van der Waals surface area contributed by atoms with Crippen LogP contribution in [-0.2, 0) is 9.59 Å². The third kappa shape index (κ3) is 5.47. The summed E-state index contributed by atoms with van der Waals surface area (Å²) in [6, 6.07) is 0.838. The van der Waals surface area contributed by atoms with Crippen molar-refractivity contribution in [3.05, 3.63) is 12.2 Å². The van der Waals surface area contributed by atoms with Crippen molar-refractivity contribution >= 4 is 12.3 Å². The average molecular weight is 306 g/mol. The van der Waals surface area contributed by atoms with Crippen molar-refractivity contribution < 1.29 is 9.59 Å². The first-order valence-electron chi connectivity index (χ1n) is 8.88. The molecule has 4 nitrogen and oxygen atoms in total. The standard InChI is InChI=1S/C18H30N2O2/c1-15-9-8-12-20(15)18(22)11-7-5-3-2-4-6-10-16-13-17(16)19-14-21/h6,10,14-17H,2-5,7-9,11-13H2,1H3,(H,19,21)/b10-6-/t15?,16-,17?/m1/s1. The van der Waals surface area contributed by atoms with Crippen LogP contribution < -0.4 is 5.32 Å². The van der Waals surface area contributed by atoms with Gasteiger partial charge in [0, 0.05) is 25.0 Å². The molecule has 1 aliphatic carbocycles. The lowest BCUT2D eigenvalue weighted by Crippen LogP contribution is -2.33. The van der Waals surface area contributed by atoms with Gasteiger partial charge in [0.25, 0.3) is 0 Å². The number of amides is 2. The number of likely N-dealkylation sites (tertiary alicyclic amines) is 1. The molecule has 1 heterocycles. The van der Waals surface area contributed by atoms with E-state index in [1.807, 2.05) is 0 Å². The van der Waals surface area contributed by atoms with Crippen LogP contribution in [0, 0.1) is 5.92 Å². The van der Waals surface area contributed by atoms with Crippen LogP contribution in [-0.4, -0.2) is 35.8 Å². The van der Waals surface area contributed by atoms with Crippen LogP contribution in [0.15, 0.2) is 12.2 Å². The summed E-state index contributed by atoms with van der Waals surface area (Å²) in [5.74, 6) is 0.914. The molecule has 2 amide bonds. The highest BCUT2D eigenvalue weighted by molar-refractivity contribution is 5.76. The Morgan fingerprint density at radius 1 is 1.27 bits per heavy atom. The van der Waals surface area contributed by atoms with Crippen molar-refractivity contribution in [3.63, 3.8) is 0 Å². The van der Waals surface area contributed by atoms with Gasteiger partial charge in [0.05, 0.1) is 0 Å². The molecule has 0 spiro atoms. The zero-order chi connectivity index (χ0) is 15.8. The van der Waals surface area contributed by atoms with Gasteiger partial charge in [0.2, 0.25) is 12.3 Å². The zero-order valence-electron chi connectivity index (χ0n) is 13.8. The molecule has 0 aromatic rings. The van der Waals surface area contributed by atoms with Gasteiger partial charge in [-0.3, -0.25) is 9.59 Å². The van der Waals surface area contributed by atoms with Crippen LogP contribution in [0.4, 0.5) is 0 Å². The second-order valence-corrected chi connectivity index (χ2v) is 6.75. The maximum atomic E-state index is 12.0. The number of allylic oxidation sites excluding steroid dienone is 1. The Morgan fingerprint density at radius 3 is 2.82 bits per heavy atom. The summed E-state index contributed by atoms with van der Waals surface area (Å²) in [4.78, 5) is 24.4. The highest BCUT2D eigenvalue weighted by Crippen LogP contribution is 2.31. The molecule has 4 heteroatoms. The minimum Gasteiger partial charge on any atom is -0.355 e. The highest BCUT2D eigenvalue weighted by atomic mass is 16.2. The highest BCUT2D eigenvalue weighted by Gasteiger charge is 2.33. The summed E-state index contributed by atoms with van der Waals surface area (Å²) in [5.41, 5.74) is 0. The van der Waals surface area contributed by atoms with Crippen molar-refractivity contribution in [1.82, 2.24) is 10.2 Å². The first kappa shape index (κ1) is 17.0. The normalized spacial score (nSPS) is 27.3. The molecule has 1 N–H and O–H groups in total. The second-order valence-electron chi connectivity index (χ2n) is 6.75. The Hall–Kier alpha value is -1.32. The van der Waals surface area contributed by atoms with E-state index in [4.69, 9.17) is 0 Å². The summed E-state index contributed by atoms with van der Waals surface area (Å²) < 4.78 is 0. The molecule has 2 unspecified atom stereocenters. The van der Waals surface area contributed by atoms with E-state index in [2.05, 4.69) is 29.3 Å². The van der Waals surface area contributed by atoms with E-state index in [0.29, 0.717) is 23.9 Å². The van der Waals surface area contributed by atoms with Crippen LogP contribution >= 0.6 is 0 Å². The number of rotatable bonds is 10. The van der Waals surface area contributed by atoms with E-state index in [1.165, 1.54) is 25.7 Å². The number of hydrogen-bond donors (Lipinski definition) is 1. The predicted molar refractivity (Wildman–Crippen MR) is 88.3 cm³/mol. The lowest BCUT2D eigenvalue weighted by Gasteiger charge is -2.21. The molecular weight excluding hydrogens is 276 g/mol. The lowest BCUT2D eigenvalue weighted by atomic mass is 10.1. The van der Waals surface area contributed by atoms with Crippen LogP contribution in [0.1, 0.15) is 64.7 Å². The van der Waals surface area contributed by atoms with Gasteiger partial charge in [0.15, 0.2) is 0 Å². The summed E-state index contributed by atoms with van der Waals surface area (Å²) in [6.45, 7) is 3.12. The van der Waals surface area contributed by atoms with Crippen molar-refractivity contribution in [1.29, 1.82) is 0 Å². The smallest absolute Gasteiger partial charge is 0.222 e. The Labute approximate surface area is 134 Å². The zero-order valence-corrected chi connectivity index (χ0v) is 13.8. The second kappa shape index (κ2) is 8.96. The van der Waals surface area contributed by atoms with Gasteiger partial charge in [0.1, 0.15) is 0 Å². The van der Waals surface area contributed by atoms with Gasteiger partial charge < -0.3 is 10.2 Å². The van der Waals surface area contributed by atoms with E-state index in [1.54, 1.807) is 0 Å². The fourth-order valence-corrected chi connectivity index (χ4v) is 3.32. The van der Waals surface area contributed by atoms with Gasteiger partial charge >= 0.3 is 0 Å². The molecule has 124 valence electrons. The van der Waals surface area contributed by atoms with E-state index in [0.717, 1.165) is 45.1 Å². The molecule has 2 fully saturated rings. The van der Waals surface area contributed by atoms with E-state index < -0.39 is 0 Å². The molecule has 0 aromatic carbocycles. The number of carbonyl (C=O) groups excluding carboxylic acids is 2. The molecule has 2 aliphatic rings. The molecule has 1 aliphatic heterocycles. The largest absolute Gasteiger partial charge is 0.355 e. The molecular formula is C18H30N2O2. The van der Waals surface area contributed by atoms with Gasteiger partial charge in [-0.15, -0.1) is 0 Å². The minimum absolute atomic E-state index is 0.354. The number of hydrogen-bond acceptors (Lipinski definition) is 2. The Balaban J connectivity index is 1.42. The van der Waals surface area contributed by atoms with E-state index in [-0.39, 0.29) is 0 Å². The number of nitrogens with zero attached hydrogens (tertiary/aromatic N) is 1. The summed E-state index contributed by atoms with van der Waals surface area (Å²) >= 11 is 0. The molecule has 3 atom stereocenters. The van der Waals surface area contributed by atoms with Gasteiger partial charge in [-0.2, -0.15) is 0 Å². The van der Waals surface area contributed by atoms with E-state index in [9.17, 15) is 9.59 Å². The number of unbranched alkanes of at least 4 members (excludes halogenated alkanes) is 4. The number of carbonyl (C=O) groups is 2. The van der Waals surface area contributed by atoms with Crippen molar-refractivity contribution in [2.24, 2.45) is 5.92 Å². The molecule has 2 rings (SSSR count). The fourth-order valence-electron chi connectivity index (χ4n) is 3.32. The molecule has 22 heavy (non-hydrogen) atoms. The molecule has 0 aromatic heterocycles. The fraction of sp³-hybridized carbons (Fsp3) is 0.778. The third-order valence-electron chi connectivity index (χ3n) is 4.89. The lowest BCUT2D eigenvalue weighted by molar-refractivity contribution is -0.131. The first-order chi connectivity index (χ1) is 10.7. The topological polar surface area (TPSA) is 49.4 Å². The SMILES string of the molecule is CC1CCCN1C(=O)CCCCCC/C=C\[C@@H]1CC1NC=O. The maximum Gasteiger partial charge on any atom is 0.222 e. The summed E-state index contributed by atoms with van der Waals surface area (Å²) in [7, 11) is 0. The molecule has 1 saturated carbocycles. The van der Waals surface area contributed by atoms with Gasteiger partial charge in [-0.05, 0) is 51.4 Å². The predicted octanol–water partition coefficient (Wildman–Crippen LogP) is 3.03. The molecule has 0 bridgehead atoms. The molecule has 1 saturated heterocycles. The van der Waals surface area contributed by atoms with Gasteiger partial charge in [-0.25, -0.2) is 0 Å². The van der Waals surface area contributed by atoms with Crippen LogP contribution in [0.5, 0.6) is 0 Å². The molecule has 0 radical (unpaired) electrons. The quantitative estimate of drug-likeness (QED) is 0.383. The van der Waals surface area contributed by atoms with Crippen molar-refractivity contribution in [3.8, 4) is 0 Å². The Kier molecular flexibility index (Phi) is 6.94. The maximum absolute atomic E-state index is 12.0. The minimum atomic E-state index is 0.354. The van der Waals surface area contributed by atoms with Crippen molar-refractivity contribution in [2.45, 2.75) is 76.8 Å². The van der Waals surface area contributed by atoms with Crippen LogP contribution in [0.3, 0.4) is 0 Å². The monoisotopic (exact) mass is 306 g/mol. The average Bonchev–Trinajstić information content (AvgIpc) is 3.09. The summed E-state index contributed by atoms with van der Waals surface area (Å²) in [5, 5.41) is 2.81. The van der Waals surface area contributed by atoms with Crippen molar-refractivity contribution in [2.75, 3.05) is 6.54 Å². The van der Waals surface area contributed by atoms with E-state index >= 15 is 0 Å². The summed E-state index contributed by atoms with van der Waals surface area (Å²) in [6.07, 6.45) is 15.1. The van der Waals surface area contributed by atoms with Crippen LogP contribution in [0.2, 0.25) is 0 Å². The third-order valence-corrected chi connectivity index (χ3v) is 4.89. The van der Waals surface area contributed by atoms with Crippen LogP contribution in [0.25, 0.3) is 0 Å². The Morgan fingerprint density at radius 2 is 2.09 bits per heavy atom. The van der Waals surface area contributed by atoms with Gasteiger partial charge in [-0.1, -0.05) is 25.0 Å².